The Morgan fingerprint density at radius 2 is 1.40 bits per heavy atom. The molecule has 0 N–H and O–H groups in total. The van der Waals surface area contributed by atoms with Gasteiger partial charge in [0, 0.05) is 19.2 Å². The Labute approximate surface area is 119 Å². The maximum Gasteiger partial charge on any atom is 0.158 e. The molecular formula is C18H17NO. The second-order valence-electron chi connectivity index (χ2n) is 4.99. The van der Waals surface area contributed by atoms with E-state index in [2.05, 4.69) is 53.4 Å². The van der Waals surface area contributed by atoms with Gasteiger partial charge in [-0.1, -0.05) is 60.7 Å². The summed E-state index contributed by atoms with van der Waals surface area (Å²) in [5.41, 5.74) is 2.50. The van der Waals surface area contributed by atoms with Crippen LogP contribution in [0, 0.1) is 0 Å². The molecule has 2 heteroatoms. The van der Waals surface area contributed by atoms with Gasteiger partial charge < -0.3 is 4.90 Å². The van der Waals surface area contributed by atoms with Crippen molar-refractivity contribution >= 4 is 5.78 Å². The molecule has 20 heavy (non-hydrogen) atoms. The summed E-state index contributed by atoms with van der Waals surface area (Å²) in [4.78, 5) is 13.6. The summed E-state index contributed by atoms with van der Waals surface area (Å²) in [6.45, 7) is 0.768. The van der Waals surface area contributed by atoms with Gasteiger partial charge in [0.25, 0.3) is 0 Å². The van der Waals surface area contributed by atoms with Gasteiger partial charge in [0.1, 0.15) is 0 Å². The van der Waals surface area contributed by atoms with Gasteiger partial charge in [-0.25, -0.2) is 0 Å². The number of nitrogens with zero attached hydrogens (tertiary/aromatic N) is 1. The first-order chi connectivity index (χ1) is 9.84. The fourth-order valence-corrected chi connectivity index (χ4v) is 2.64. The molecule has 100 valence electrons. The molecule has 1 aliphatic rings. The molecule has 0 fully saturated rings. The average Bonchev–Trinajstić information content (AvgIpc) is 2.52. The molecule has 0 atom stereocenters. The second-order valence-corrected chi connectivity index (χ2v) is 4.99. The van der Waals surface area contributed by atoms with E-state index in [4.69, 9.17) is 0 Å². The standard InChI is InChI=1S/C18H17NO/c20-17-11-13-19(14-12-17)18(15-7-3-1-4-8-15)16-9-5-2-6-10-16/h1-11,13,18H,12,14H2. The van der Waals surface area contributed by atoms with Crippen molar-refractivity contribution in [2.45, 2.75) is 12.5 Å². The summed E-state index contributed by atoms with van der Waals surface area (Å²) < 4.78 is 0. The molecule has 1 heterocycles. The normalized spacial score (nSPS) is 14.8. The molecular weight excluding hydrogens is 246 g/mol. The molecule has 0 radical (unpaired) electrons. The van der Waals surface area contributed by atoms with Crippen molar-refractivity contribution in [3.63, 3.8) is 0 Å². The Kier molecular flexibility index (Phi) is 3.64. The van der Waals surface area contributed by atoms with Crippen molar-refractivity contribution in [3.8, 4) is 0 Å². The van der Waals surface area contributed by atoms with Gasteiger partial charge in [0.2, 0.25) is 0 Å². The quantitative estimate of drug-likeness (QED) is 0.844. The van der Waals surface area contributed by atoms with Gasteiger partial charge in [-0.3, -0.25) is 4.79 Å². The van der Waals surface area contributed by atoms with E-state index >= 15 is 0 Å². The highest BCUT2D eigenvalue weighted by Crippen LogP contribution is 2.30. The molecule has 0 amide bonds. The number of benzene rings is 2. The van der Waals surface area contributed by atoms with Crippen LogP contribution in [0.4, 0.5) is 0 Å². The Hall–Kier alpha value is -2.35. The van der Waals surface area contributed by atoms with Crippen LogP contribution in [0.15, 0.2) is 72.9 Å². The summed E-state index contributed by atoms with van der Waals surface area (Å²) >= 11 is 0. The number of carbonyl (C=O) groups is 1. The van der Waals surface area contributed by atoms with Gasteiger partial charge in [0.05, 0.1) is 6.04 Å². The van der Waals surface area contributed by atoms with E-state index in [1.165, 1.54) is 11.1 Å². The highest BCUT2D eigenvalue weighted by atomic mass is 16.1. The van der Waals surface area contributed by atoms with Crippen LogP contribution in [-0.4, -0.2) is 17.2 Å². The highest BCUT2D eigenvalue weighted by molar-refractivity contribution is 5.90. The first-order valence-electron chi connectivity index (χ1n) is 6.91. The van der Waals surface area contributed by atoms with E-state index < -0.39 is 0 Å². The van der Waals surface area contributed by atoms with Crippen molar-refractivity contribution in [3.05, 3.63) is 84.1 Å². The van der Waals surface area contributed by atoms with E-state index in [1.54, 1.807) is 6.08 Å². The first kappa shape index (κ1) is 12.7. The van der Waals surface area contributed by atoms with Crippen LogP contribution >= 0.6 is 0 Å². The Balaban J connectivity index is 2.00. The van der Waals surface area contributed by atoms with E-state index in [1.807, 2.05) is 18.3 Å². The van der Waals surface area contributed by atoms with Crippen LogP contribution in [0.1, 0.15) is 23.6 Å². The van der Waals surface area contributed by atoms with Gasteiger partial charge in [-0.05, 0) is 17.2 Å². The van der Waals surface area contributed by atoms with Crippen LogP contribution in [0.25, 0.3) is 0 Å². The molecule has 1 aliphatic heterocycles. The molecule has 3 rings (SSSR count). The topological polar surface area (TPSA) is 20.3 Å². The number of carbonyl (C=O) groups excluding carboxylic acids is 1. The van der Waals surface area contributed by atoms with E-state index in [9.17, 15) is 4.79 Å². The van der Waals surface area contributed by atoms with Gasteiger partial charge >= 0.3 is 0 Å². The van der Waals surface area contributed by atoms with Crippen molar-refractivity contribution in [2.75, 3.05) is 6.54 Å². The number of ketones is 1. The minimum Gasteiger partial charge on any atom is -0.366 e. The number of hydrogen-bond donors (Lipinski definition) is 0. The fraction of sp³-hybridized carbons (Fsp3) is 0.167. The summed E-state index contributed by atoms with van der Waals surface area (Å²) in [5.74, 6) is 0.209. The number of rotatable bonds is 3. The third-order valence-electron chi connectivity index (χ3n) is 3.63. The van der Waals surface area contributed by atoms with Crippen LogP contribution in [0.5, 0.6) is 0 Å². The maximum absolute atomic E-state index is 11.4. The zero-order valence-electron chi connectivity index (χ0n) is 11.3. The minimum absolute atomic E-state index is 0.168. The molecule has 0 unspecified atom stereocenters. The van der Waals surface area contributed by atoms with Crippen LogP contribution in [-0.2, 0) is 4.79 Å². The largest absolute Gasteiger partial charge is 0.366 e. The summed E-state index contributed by atoms with van der Waals surface area (Å²) in [6.07, 6.45) is 4.20. The molecule has 0 aromatic heterocycles. The minimum atomic E-state index is 0.168. The lowest BCUT2D eigenvalue weighted by Gasteiger charge is -2.33. The van der Waals surface area contributed by atoms with Gasteiger partial charge in [-0.2, -0.15) is 0 Å². The smallest absolute Gasteiger partial charge is 0.158 e. The van der Waals surface area contributed by atoms with E-state index in [0.717, 1.165) is 6.54 Å². The third-order valence-corrected chi connectivity index (χ3v) is 3.63. The predicted octanol–water partition coefficient (Wildman–Crippen LogP) is 3.56. The Morgan fingerprint density at radius 3 is 1.85 bits per heavy atom. The van der Waals surface area contributed by atoms with Crippen LogP contribution in [0.3, 0.4) is 0 Å². The van der Waals surface area contributed by atoms with Crippen molar-refractivity contribution in [1.29, 1.82) is 0 Å². The molecule has 2 aromatic carbocycles. The Morgan fingerprint density at radius 1 is 0.850 bits per heavy atom. The van der Waals surface area contributed by atoms with Gasteiger partial charge in [-0.15, -0.1) is 0 Å². The lowest BCUT2D eigenvalue weighted by Crippen LogP contribution is -2.29. The third kappa shape index (κ3) is 2.64. The fourth-order valence-electron chi connectivity index (χ4n) is 2.64. The SMILES string of the molecule is O=C1C=CN(C(c2ccccc2)c2ccccc2)CC1. The first-order valence-corrected chi connectivity index (χ1v) is 6.91. The van der Waals surface area contributed by atoms with E-state index in [0.29, 0.717) is 6.42 Å². The molecule has 0 saturated carbocycles. The molecule has 0 bridgehead atoms. The lowest BCUT2D eigenvalue weighted by atomic mass is 9.96. The number of allylic oxidation sites excluding steroid dienone is 1. The molecule has 0 spiro atoms. The molecule has 0 aliphatic carbocycles. The average molecular weight is 263 g/mol. The van der Waals surface area contributed by atoms with Crippen molar-refractivity contribution in [2.24, 2.45) is 0 Å². The molecule has 2 nitrogen and oxygen atoms in total. The highest BCUT2D eigenvalue weighted by Gasteiger charge is 2.22. The monoisotopic (exact) mass is 263 g/mol. The maximum atomic E-state index is 11.4. The zero-order valence-corrected chi connectivity index (χ0v) is 11.3. The lowest BCUT2D eigenvalue weighted by molar-refractivity contribution is -0.115. The van der Waals surface area contributed by atoms with Crippen LogP contribution < -0.4 is 0 Å². The van der Waals surface area contributed by atoms with Crippen molar-refractivity contribution < 1.29 is 4.79 Å². The summed E-state index contributed by atoms with van der Waals surface area (Å²) in [5, 5.41) is 0. The Bertz CT molecular complexity index is 564. The zero-order chi connectivity index (χ0) is 13.8. The second kappa shape index (κ2) is 5.74. The van der Waals surface area contributed by atoms with Crippen LogP contribution in [0.2, 0.25) is 0 Å². The summed E-state index contributed by atoms with van der Waals surface area (Å²) in [7, 11) is 0. The van der Waals surface area contributed by atoms with Crippen molar-refractivity contribution in [1.82, 2.24) is 4.90 Å². The predicted molar refractivity (Wildman–Crippen MR) is 80.2 cm³/mol. The molecule has 2 aromatic rings. The number of hydrogen-bond acceptors (Lipinski definition) is 2. The summed E-state index contributed by atoms with van der Waals surface area (Å²) in [6, 6.07) is 21.0. The van der Waals surface area contributed by atoms with Gasteiger partial charge in [0.15, 0.2) is 5.78 Å². The van der Waals surface area contributed by atoms with E-state index in [-0.39, 0.29) is 11.8 Å². The molecule has 0 saturated heterocycles.